The van der Waals surface area contributed by atoms with Crippen LogP contribution in [0, 0.1) is 0 Å². The molecule has 66 valence electrons. The van der Waals surface area contributed by atoms with Gasteiger partial charge in [0.2, 0.25) is 0 Å². The second kappa shape index (κ2) is 4.30. The second-order valence-electron chi connectivity index (χ2n) is 2.20. The Morgan fingerprint density at radius 1 is 1.75 bits per heavy atom. The van der Waals surface area contributed by atoms with Crippen molar-refractivity contribution in [3.05, 3.63) is 24.0 Å². The molecular formula is C8H10BrNO2. The number of halogens is 1. The SMILES string of the molecule is CCOC(=O)c1cccn1CBr. The van der Waals surface area contributed by atoms with Crippen molar-refractivity contribution >= 4 is 21.9 Å². The highest BCUT2D eigenvalue weighted by atomic mass is 79.9. The summed E-state index contributed by atoms with van der Waals surface area (Å²) < 4.78 is 6.62. The first-order valence-electron chi connectivity index (χ1n) is 3.67. The first-order valence-corrected chi connectivity index (χ1v) is 4.80. The predicted octanol–water partition coefficient (Wildman–Crippen LogP) is 2.02. The number of rotatable bonds is 3. The highest BCUT2D eigenvalue weighted by Gasteiger charge is 2.09. The predicted molar refractivity (Wildman–Crippen MR) is 49.3 cm³/mol. The van der Waals surface area contributed by atoms with E-state index in [-0.39, 0.29) is 5.97 Å². The number of nitrogens with zero attached hydrogens (tertiary/aromatic N) is 1. The molecule has 0 bridgehead atoms. The Bertz CT molecular complexity index is 270. The Kier molecular flexibility index (Phi) is 3.34. The van der Waals surface area contributed by atoms with Crippen molar-refractivity contribution in [2.24, 2.45) is 0 Å². The van der Waals surface area contributed by atoms with Gasteiger partial charge in [-0.15, -0.1) is 0 Å². The van der Waals surface area contributed by atoms with Crippen molar-refractivity contribution in [2.75, 3.05) is 6.61 Å². The molecule has 0 N–H and O–H groups in total. The Morgan fingerprint density at radius 3 is 3.08 bits per heavy atom. The normalized spacial score (nSPS) is 9.83. The van der Waals surface area contributed by atoms with Crippen LogP contribution >= 0.6 is 15.9 Å². The molecule has 1 aromatic rings. The summed E-state index contributed by atoms with van der Waals surface area (Å²) in [5.41, 5.74) is 1.18. The quantitative estimate of drug-likeness (QED) is 0.589. The van der Waals surface area contributed by atoms with Crippen molar-refractivity contribution < 1.29 is 9.53 Å². The molecule has 1 rings (SSSR count). The number of ether oxygens (including phenoxy) is 1. The summed E-state index contributed by atoms with van der Waals surface area (Å²) in [5, 5.41) is 0. The lowest BCUT2D eigenvalue weighted by Crippen LogP contribution is -2.09. The van der Waals surface area contributed by atoms with E-state index in [1.165, 1.54) is 0 Å². The molecule has 0 aliphatic carbocycles. The van der Waals surface area contributed by atoms with E-state index < -0.39 is 0 Å². The van der Waals surface area contributed by atoms with Crippen LogP contribution in [0.2, 0.25) is 0 Å². The van der Waals surface area contributed by atoms with Gasteiger partial charge < -0.3 is 9.30 Å². The zero-order valence-corrected chi connectivity index (χ0v) is 8.37. The van der Waals surface area contributed by atoms with Crippen LogP contribution in [0.5, 0.6) is 0 Å². The minimum absolute atomic E-state index is 0.276. The van der Waals surface area contributed by atoms with Crippen molar-refractivity contribution in [3.8, 4) is 0 Å². The minimum atomic E-state index is -0.276. The molecule has 0 saturated carbocycles. The molecule has 0 radical (unpaired) electrons. The lowest BCUT2D eigenvalue weighted by Gasteiger charge is -2.03. The molecule has 0 atom stereocenters. The third kappa shape index (κ3) is 1.88. The number of carbonyl (C=O) groups is 1. The maximum absolute atomic E-state index is 11.2. The van der Waals surface area contributed by atoms with Crippen molar-refractivity contribution in [3.63, 3.8) is 0 Å². The van der Waals surface area contributed by atoms with E-state index in [2.05, 4.69) is 15.9 Å². The van der Waals surface area contributed by atoms with Gasteiger partial charge in [-0.1, -0.05) is 15.9 Å². The number of hydrogen-bond donors (Lipinski definition) is 0. The van der Waals surface area contributed by atoms with Crippen LogP contribution < -0.4 is 0 Å². The zero-order chi connectivity index (χ0) is 8.97. The van der Waals surface area contributed by atoms with E-state index in [0.717, 1.165) is 0 Å². The van der Waals surface area contributed by atoms with Gasteiger partial charge in [0.25, 0.3) is 0 Å². The molecule has 0 spiro atoms. The Balaban J connectivity index is 2.79. The van der Waals surface area contributed by atoms with Crippen LogP contribution in [-0.4, -0.2) is 17.1 Å². The summed E-state index contributed by atoms with van der Waals surface area (Å²) in [6.07, 6.45) is 1.82. The molecule has 0 saturated heterocycles. The first-order chi connectivity index (χ1) is 5.79. The van der Waals surface area contributed by atoms with Crippen molar-refractivity contribution in [1.29, 1.82) is 0 Å². The molecule has 1 aromatic heterocycles. The number of alkyl halides is 1. The average molecular weight is 232 g/mol. The maximum atomic E-state index is 11.2. The highest BCUT2D eigenvalue weighted by Crippen LogP contribution is 2.06. The van der Waals surface area contributed by atoms with E-state index in [0.29, 0.717) is 17.8 Å². The Labute approximate surface area is 79.5 Å². The summed E-state index contributed by atoms with van der Waals surface area (Å²) in [7, 11) is 0. The third-order valence-corrected chi connectivity index (χ3v) is 1.98. The van der Waals surface area contributed by atoms with Gasteiger partial charge in [-0.3, -0.25) is 0 Å². The third-order valence-electron chi connectivity index (χ3n) is 1.44. The van der Waals surface area contributed by atoms with E-state index in [1.807, 2.05) is 12.3 Å². The summed E-state index contributed by atoms with van der Waals surface area (Å²) >= 11 is 3.26. The van der Waals surface area contributed by atoms with E-state index in [1.54, 1.807) is 17.6 Å². The molecule has 0 amide bonds. The van der Waals surface area contributed by atoms with Crippen LogP contribution in [0.25, 0.3) is 0 Å². The summed E-state index contributed by atoms with van der Waals surface area (Å²) in [6.45, 7) is 2.20. The average Bonchev–Trinajstić information content (AvgIpc) is 2.51. The summed E-state index contributed by atoms with van der Waals surface area (Å²) in [5.74, 6) is -0.276. The number of esters is 1. The zero-order valence-electron chi connectivity index (χ0n) is 6.79. The molecule has 0 unspecified atom stereocenters. The molecule has 0 fully saturated rings. The Morgan fingerprint density at radius 2 is 2.50 bits per heavy atom. The minimum Gasteiger partial charge on any atom is -0.461 e. The van der Waals surface area contributed by atoms with Gasteiger partial charge >= 0.3 is 5.97 Å². The largest absolute Gasteiger partial charge is 0.461 e. The highest BCUT2D eigenvalue weighted by molar-refractivity contribution is 9.08. The van der Waals surface area contributed by atoms with Crippen LogP contribution in [0.3, 0.4) is 0 Å². The number of aromatic nitrogens is 1. The fourth-order valence-corrected chi connectivity index (χ4v) is 1.35. The summed E-state index contributed by atoms with van der Waals surface area (Å²) in [4.78, 5) is 11.2. The van der Waals surface area contributed by atoms with Gasteiger partial charge in [-0.25, -0.2) is 4.79 Å². The standard InChI is InChI=1S/C8H10BrNO2/c1-2-12-8(11)7-4-3-5-10(7)6-9/h3-5H,2,6H2,1H3. The molecular weight excluding hydrogens is 222 g/mol. The lowest BCUT2D eigenvalue weighted by molar-refractivity contribution is 0.0515. The van der Waals surface area contributed by atoms with Crippen LogP contribution in [-0.2, 0) is 10.2 Å². The van der Waals surface area contributed by atoms with Crippen LogP contribution in [0.15, 0.2) is 18.3 Å². The number of carbonyl (C=O) groups excluding carboxylic acids is 1. The molecule has 4 heteroatoms. The van der Waals surface area contributed by atoms with Gasteiger partial charge in [-0.2, -0.15) is 0 Å². The summed E-state index contributed by atoms with van der Waals surface area (Å²) in [6, 6.07) is 3.55. The smallest absolute Gasteiger partial charge is 0.354 e. The Hall–Kier alpha value is -0.770. The molecule has 0 aliphatic heterocycles. The van der Waals surface area contributed by atoms with Gasteiger partial charge in [0, 0.05) is 6.20 Å². The van der Waals surface area contributed by atoms with Crippen molar-refractivity contribution in [1.82, 2.24) is 4.57 Å². The fraction of sp³-hybridized carbons (Fsp3) is 0.375. The molecule has 12 heavy (non-hydrogen) atoms. The second-order valence-corrected chi connectivity index (χ2v) is 2.70. The van der Waals surface area contributed by atoms with Crippen molar-refractivity contribution in [2.45, 2.75) is 12.4 Å². The van der Waals surface area contributed by atoms with Crippen LogP contribution in [0.1, 0.15) is 17.4 Å². The van der Waals surface area contributed by atoms with E-state index in [4.69, 9.17) is 4.74 Å². The first kappa shape index (κ1) is 9.32. The van der Waals surface area contributed by atoms with E-state index in [9.17, 15) is 4.79 Å². The fourth-order valence-electron chi connectivity index (χ4n) is 0.909. The monoisotopic (exact) mass is 231 g/mol. The maximum Gasteiger partial charge on any atom is 0.354 e. The van der Waals surface area contributed by atoms with E-state index >= 15 is 0 Å². The number of hydrogen-bond acceptors (Lipinski definition) is 2. The molecule has 3 nitrogen and oxygen atoms in total. The molecule has 0 aliphatic rings. The molecule has 1 heterocycles. The van der Waals surface area contributed by atoms with Gasteiger partial charge in [0.05, 0.1) is 12.1 Å². The lowest BCUT2D eigenvalue weighted by atomic mass is 10.4. The van der Waals surface area contributed by atoms with Crippen LogP contribution in [0.4, 0.5) is 0 Å². The van der Waals surface area contributed by atoms with Gasteiger partial charge in [0.1, 0.15) is 5.69 Å². The topological polar surface area (TPSA) is 31.2 Å². The van der Waals surface area contributed by atoms with Gasteiger partial charge in [-0.05, 0) is 19.1 Å². The van der Waals surface area contributed by atoms with Gasteiger partial charge in [0.15, 0.2) is 0 Å². The molecule has 0 aromatic carbocycles.